The summed E-state index contributed by atoms with van der Waals surface area (Å²) in [6, 6.07) is 0.108. The standard InChI is InChI=1S/C8H17N3O3S/c1-7(6-8(9)10-12)11-2-4-15(13,14)5-3-11/h7,12H,2-6H2,1H3,(H2,9,10). The van der Waals surface area contributed by atoms with Gasteiger partial charge in [-0.2, -0.15) is 0 Å². The third-order valence-electron chi connectivity index (χ3n) is 2.64. The molecule has 0 saturated carbocycles. The summed E-state index contributed by atoms with van der Waals surface area (Å²) in [5.41, 5.74) is 5.39. The van der Waals surface area contributed by atoms with Crippen LogP contribution in [0.3, 0.4) is 0 Å². The van der Waals surface area contributed by atoms with E-state index in [2.05, 4.69) is 5.16 Å². The Kier molecular flexibility index (Phi) is 3.92. The molecular weight excluding hydrogens is 218 g/mol. The number of sulfone groups is 1. The van der Waals surface area contributed by atoms with Crippen molar-refractivity contribution in [3.63, 3.8) is 0 Å². The van der Waals surface area contributed by atoms with Gasteiger partial charge in [-0.1, -0.05) is 5.16 Å². The molecular formula is C8H17N3O3S. The molecule has 1 fully saturated rings. The minimum absolute atomic E-state index is 0.108. The maximum absolute atomic E-state index is 11.2. The van der Waals surface area contributed by atoms with Gasteiger partial charge in [0.15, 0.2) is 9.84 Å². The van der Waals surface area contributed by atoms with Gasteiger partial charge in [-0.25, -0.2) is 8.42 Å². The van der Waals surface area contributed by atoms with E-state index >= 15 is 0 Å². The number of hydrogen-bond donors (Lipinski definition) is 2. The minimum atomic E-state index is -2.84. The van der Waals surface area contributed by atoms with Crippen molar-refractivity contribution in [2.45, 2.75) is 19.4 Å². The van der Waals surface area contributed by atoms with Crippen LogP contribution in [0, 0.1) is 0 Å². The first-order valence-electron chi connectivity index (χ1n) is 4.85. The molecule has 0 aromatic rings. The highest BCUT2D eigenvalue weighted by Gasteiger charge is 2.25. The molecule has 1 rings (SSSR count). The SMILES string of the molecule is CC(CC(N)=NO)N1CCS(=O)(=O)CC1. The lowest BCUT2D eigenvalue weighted by atomic mass is 10.2. The van der Waals surface area contributed by atoms with Crippen LogP contribution < -0.4 is 5.73 Å². The Hall–Kier alpha value is -0.820. The van der Waals surface area contributed by atoms with Gasteiger partial charge in [0.25, 0.3) is 0 Å². The van der Waals surface area contributed by atoms with E-state index in [1.807, 2.05) is 11.8 Å². The van der Waals surface area contributed by atoms with E-state index in [0.29, 0.717) is 19.5 Å². The molecule has 0 amide bonds. The Labute approximate surface area is 89.7 Å². The van der Waals surface area contributed by atoms with Gasteiger partial charge in [0.1, 0.15) is 5.84 Å². The molecule has 6 nitrogen and oxygen atoms in total. The van der Waals surface area contributed by atoms with Gasteiger partial charge in [0.2, 0.25) is 0 Å². The van der Waals surface area contributed by atoms with Crippen molar-refractivity contribution in [1.29, 1.82) is 0 Å². The Morgan fingerprint density at radius 2 is 2.07 bits per heavy atom. The van der Waals surface area contributed by atoms with E-state index in [9.17, 15) is 8.42 Å². The number of rotatable bonds is 3. The fourth-order valence-electron chi connectivity index (χ4n) is 1.64. The highest BCUT2D eigenvalue weighted by molar-refractivity contribution is 7.91. The van der Waals surface area contributed by atoms with Crippen molar-refractivity contribution in [2.24, 2.45) is 10.9 Å². The van der Waals surface area contributed by atoms with E-state index < -0.39 is 9.84 Å². The van der Waals surface area contributed by atoms with Crippen molar-refractivity contribution in [3.8, 4) is 0 Å². The molecule has 1 aliphatic heterocycles. The summed E-state index contributed by atoms with van der Waals surface area (Å²) < 4.78 is 22.4. The lowest BCUT2D eigenvalue weighted by Gasteiger charge is -2.31. The fraction of sp³-hybridized carbons (Fsp3) is 0.875. The third kappa shape index (κ3) is 3.67. The van der Waals surface area contributed by atoms with E-state index in [-0.39, 0.29) is 23.4 Å². The van der Waals surface area contributed by atoms with Gasteiger partial charge in [-0.05, 0) is 6.92 Å². The fourth-order valence-corrected chi connectivity index (χ4v) is 2.87. The van der Waals surface area contributed by atoms with Crippen LogP contribution >= 0.6 is 0 Å². The lowest BCUT2D eigenvalue weighted by Crippen LogP contribution is -2.46. The van der Waals surface area contributed by atoms with Crippen molar-refractivity contribution in [1.82, 2.24) is 4.90 Å². The van der Waals surface area contributed by atoms with Crippen LogP contribution in [0.4, 0.5) is 0 Å². The van der Waals surface area contributed by atoms with Gasteiger partial charge in [0, 0.05) is 25.6 Å². The minimum Gasteiger partial charge on any atom is -0.409 e. The number of oxime groups is 1. The molecule has 0 spiro atoms. The van der Waals surface area contributed by atoms with Crippen molar-refractivity contribution < 1.29 is 13.6 Å². The first-order chi connectivity index (χ1) is 6.94. The zero-order chi connectivity index (χ0) is 11.5. The molecule has 0 aromatic carbocycles. The van der Waals surface area contributed by atoms with Crippen molar-refractivity contribution in [3.05, 3.63) is 0 Å². The summed E-state index contributed by atoms with van der Waals surface area (Å²) in [6.07, 6.45) is 0.455. The normalized spacial score (nSPS) is 25.0. The van der Waals surface area contributed by atoms with E-state index in [1.165, 1.54) is 0 Å². The van der Waals surface area contributed by atoms with Crippen LogP contribution in [0.25, 0.3) is 0 Å². The van der Waals surface area contributed by atoms with Crippen molar-refractivity contribution in [2.75, 3.05) is 24.6 Å². The molecule has 1 atom stereocenters. The van der Waals surface area contributed by atoms with Gasteiger partial charge in [0.05, 0.1) is 11.5 Å². The molecule has 1 saturated heterocycles. The lowest BCUT2D eigenvalue weighted by molar-refractivity contribution is 0.228. The molecule has 0 bridgehead atoms. The van der Waals surface area contributed by atoms with E-state index in [1.54, 1.807) is 0 Å². The molecule has 1 aliphatic rings. The number of nitrogens with zero attached hydrogens (tertiary/aromatic N) is 2. The van der Waals surface area contributed by atoms with Crippen LogP contribution in [-0.4, -0.2) is 55.0 Å². The summed E-state index contributed by atoms with van der Waals surface area (Å²) in [6.45, 7) is 3.00. The highest BCUT2D eigenvalue weighted by atomic mass is 32.2. The number of amidine groups is 1. The third-order valence-corrected chi connectivity index (χ3v) is 4.24. The van der Waals surface area contributed by atoms with Gasteiger partial charge < -0.3 is 10.9 Å². The maximum atomic E-state index is 11.2. The summed E-state index contributed by atoms with van der Waals surface area (Å²) in [5.74, 6) is 0.581. The van der Waals surface area contributed by atoms with Gasteiger partial charge >= 0.3 is 0 Å². The molecule has 15 heavy (non-hydrogen) atoms. The average Bonchev–Trinajstić information content (AvgIpc) is 2.17. The molecule has 0 aliphatic carbocycles. The molecule has 1 unspecified atom stereocenters. The summed E-state index contributed by atoms with van der Waals surface area (Å²) in [4.78, 5) is 2.04. The van der Waals surface area contributed by atoms with Crippen LogP contribution in [0.2, 0.25) is 0 Å². The Morgan fingerprint density at radius 3 is 2.53 bits per heavy atom. The van der Waals surface area contributed by atoms with Crippen LogP contribution in [0.15, 0.2) is 5.16 Å². The molecule has 3 N–H and O–H groups in total. The van der Waals surface area contributed by atoms with Crippen LogP contribution in [0.5, 0.6) is 0 Å². The topological polar surface area (TPSA) is 96.0 Å². The Balaban J connectivity index is 2.46. The first kappa shape index (κ1) is 12.3. The molecule has 88 valence electrons. The number of nitrogens with two attached hydrogens (primary N) is 1. The zero-order valence-corrected chi connectivity index (χ0v) is 9.57. The Bertz CT molecular complexity index is 325. The predicted octanol–water partition coefficient (Wildman–Crippen LogP) is -0.758. The van der Waals surface area contributed by atoms with Gasteiger partial charge in [-0.15, -0.1) is 0 Å². The molecule has 0 radical (unpaired) electrons. The second-order valence-corrected chi connectivity index (χ2v) is 6.14. The highest BCUT2D eigenvalue weighted by Crippen LogP contribution is 2.10. The molecule has 1 heterocycles. The maximum Gasteiger partial charge on any atom is 0.152 e. The van der Waals surface area contributed by atoms with Gasteiger partial charge in [-0.3, -0.25) is 4.90 Å². The second kappa shape index (κ2) is 4.80. The van der Waals surface area contributed by atoms with Crippen LogP contribution in [-0.2, 0) is 9.84 Å². The monoisotopic (exact) mass is 235 g/mol. The van der Waals surface area contributed by atoms with Crippen LogP contribution in [0.1, 0.15) is 13.3 Å². The largest absolute Gasteiger partial charge is 0.409 e. The van der Waals surface area contributed by atoms with E-state index in [0.717, 1.165) is 0 Å². The quantitative estimate of drug-likeness (QED) is 0.290. The predicted molar refractivity (Wildman–Crippen MR) is 57.7 cm³/mol. The Morgan fingerprint density at radius 1 is 1.53 bits per heavy atom. The summed E-state index contributed by atoms with van der Waals surface area (Å²) >= 11 is 0. The molecule has 7 heteroatoms. The summed E-state index contributed by atoms with van der Waals surface area (Å²) in [7, 11) is -2.84. The average molecular weight is 235 g/mol. The zero-order valence-electron chi connectivity index (χ0n) is 8.76. The van der Waals surface area contributed by atoms with Crippen molar-refractivity contribution >= 4 is 15.7 Å². The second-order valence-electron chi connectivity index (χ2n) is 3.83. The first-order valence-corrected chi connectivity index (χ1v) is 6.67. The molecule has 0 aromatic heterocycles. The smallest absolute Gasteiger partial charge is 0.152 e. The van der Waals surface area contributed by atoms with E-state index in [4.69, 9.17) is 10.9 Å². The number of hydrogen-bond acceptors (Lipinski definition) is 5. The summed E-state index contributed by atoms with van der Waals surface area (Å²) in [5, 5.41) is 11.3.